The van der Waals surface area contributed by atoms with Crippen molar-refractivity contribution in [2.24, 2.45) is 0 Å². The molecule has 0 unspecified atom stereocenters. The van der Waals surface area contributed by atoms with Gasteiger partial charge in [-0.25, -0.2) is 4.98 Å². The Morgan fingerprint density at radius 1 is 1.07 bits per heavy atom. The van der Waals surface area contributed by atoms with Crippen LogP contribution in [0.25, 0.3) is 22.6 Å². The molecule has 1 fully saturated rings. The zero-order valence-electron chi connectivity index (χ0n) is 22.3. The van der Waals surface area contributed by atoms with Gasteiger partial charge in [0.15, 0.2) is 5.58 Å². The number of carbonyl (C=O) groups excluding carboxylic acids is 1. The second-order valence-corrected chi connectivity index (χ2v) is 10.9. The number of oxazole rings is 1. The van der Waals surface area contributed by atoms with Crippen LogP contribution in [0.1, 0.15) is 23.6 Å². The van der Waals surface area contributed by atoms with Crippen LogP contribution >= 0.6 is 11.6 Å². The molecule has 3 aromatic carbocycles. The van der Waals surface area contributed by atoms with Gasteiger partial charge in [-0.1, -0.05) is 41.9 Å². The number of hydrogen-bond donors (Lipinski definition) is 2. The van der Waals surface area contributed by atoms with E-state index in [2.05, 4.69) is 26.2 Å². The van der Waals surface area contributed by atoms with Crippen molar-refractivity contribution in [2.75, 3.05) is 45.9 Å². The summed E-state index contributed by atoms with van der Waals surface area (Å²) in [4.78, 5) is 21.7. The third kappa shape index (κ3) is 6.15. The number of carbonyl (C=O) groups is 1. The maximum absolute atomic E-state index is 12.7. The van der Waals surface area contributed by atoms with Crippen molar-refractivity contribution in [1.82, 2.24) is 20.1 Å². The molecule has 0 spiro atoms. The van der Waals surface area contributed by atoms with Gasteiger partial charge in [0.05, 0.1) is 12.6 Å². The number of amides is 1. The predicted octanol–water partition coefficient (Wildman–Crippen LogP) is 4.31. The number of fused-ring (bicyclic) bond motifs is 2. The minimum atomic E-state index is -0.628. The number of halogens is 1. The highest BCUT2D eigenvalue weighted by molar-refractivity contribution is 6.31. The standard InChI is InChI=1S/C31H33ClN4O4/c32-26-8-4-7-25-24(26)10-11-27(25)33-30(38)19-36-15-13-35(14-16-36)18-22(37)20-39-23-9-12-29-28(17-23)34-31(40-29)21-5-2-1-3-6-21/h1-9,12,17,22,27,37H,10-11,13-16,18-20H2,(H,33,38)/t22-,27+/m1/s1. The number of hydrogen-bond acceptors (Lipinski definition) is 7. The van der Waals surface area contributed by atoms with Crippen LogP contribution in [-0.2, 0) is 11.2 Å². The molecule has 1 aliphatic heterocycles. The maximum atomic E-state index is 12.7. The van der Waals surface area contributed by atoms with Gasteiger partial charge in [-0.15, -0.1) is 0 Å². The Kier molecular flexibility index (Phi) is 8.02. The molecule has 8 nitrogen and oxygen atoms in total. The van der Waals surface area contributed by atoms with Crippen LogP contribution in [0.5, 0.6) is 5.75 Å². The van der Waals surface area contributed by atoms with E-state index in [0.29, 0.717) is 35.8 Å². The molecule has 0 saturated carbocycles. The van der Waals surface area contributed by atoms with E-state index in [1.54, 1.807) is 0 Å². The zero-order valence-corrected chi connectivity index (χ0v) is 23.0. The van der Waals surface area contributed by atoms with Gasteiger partial charge in [-0.3, -0.25) is 14.6 Å². The van der Waals surface area contributed by atoms with Gasteiger partial charge in [0.1, 0.15) is 24.0 Å². The van der Waals surface area contributed by atoms with E-state index in [0.717, 1.165) is 60.7 Å². The molecule has 0 bridgehead atoms. The lowest BCUT2D eigenvalue weighted by molar-refractivity contribution is -0.123. The van der Waals surface area contributed by atoms with Gasteiger partial charge in [-0.05, 0) is 54.3 Å². The number of rotatable bonds is 9. The average Bonchev–Trinajstić information content (AvgIpc) is 3.58. The minimum Gasteiger partial charge on any atom is -0.491 e. The second kappa shape index (κ2) is 12.0. The van der Waals surface area contributed by atoms with Crippen molar-refractivity contribution in [3.05, 3.63) is 82.9 Å². The van der Waals surface area contributed by atoms with E-state index in [1.165, 1.54) is 0 Å². The molecular formula is C31H33ClN4O4. The normalized spacial score (nSPS) is 18.5. The fraction of sp³-hybridized carbons (Fsp3) is 0.355. The number of nitrogens with zero attached hydrogens (tertiary/aromatic N) is 3. The Labute approximate surface area is 238 Å². The number of ether oxygens (including phenoxy) is 1. The molecule has 1 aromatic heterocycles. The molecule has 6 rings (SSSR count). The predicted molar refractivity (Wildman–Crippen MR) is 154 cm³/mol. The van der Waals surface area contributed by atoms with Crippen LogP contribution in [0.15, 0.2) is 71.1 Å². The summed E-state index contributed by atoms with van der Waals surface area (Å²) < 4.78 is 11.7. The van der Waals surface area contributed by atoms with Crippen molar-refractivity contribution in [2.45, 2.75) is 25.0 Å². The van der Waals surface area contributed by atoms with Gasteiger partial charge in [0, 0.05) is 49.4 Å². The Hall–Kier alpha value is -3.43. The first-order valence-corrected chi connectivity index (χ1v) is 14.2. The van der Waals surface area contributed by atoms with Crippen molar-refractivity contribution in [1.29, 1.82) is 0 Å². The van der Waals surface area contributed by atoms with E-state index >= 15 is 0 Å². The average molecular weight is 561 g/mol. The second-order valence-electron chi connectivity index (χ2n) is 10.5. The number of β-amino-alcohol motifs (C(OH)–C–C–N with tert-alkyl or cyclic N) is 1. The monoisotopic (exact) mass is 560 g/mol. The Bertz CT molecular complexity index is 1470. The summed E-state index contributed by atoms with van der Waals surface area (Å²) in [6.45, 7) is 4.22. The first kappa shape index (κ1) is 26.8. The summed E-state index contributed by atoms with van der Waals surface area (Å²) in [6.07, 6.45) is 1.16. The summed E-state index contributed by atoms with van der Waals surface area (Å²) in [7, 11) is 0. The first-order valence-electron chi connectivity index (χ1n) is 13.8. The topological polar surface area (TPSA) is 91.1 Å². The Morgan fingerprint density at radius 2 is 1.88 bits per heavy atom. The van der Waals surface area contributed by atoms with E-state index in [-0.39, 0.29) is 18.6 Å². The van der Waals surface area contributed by atoms with Gasteiger partial charge < -0.3 is 19.6 Å². The largest absolute Gasteiger partial charge is 0.491 e. The highest BCUT2D eigenvalue weighted by Gasteiger charge is 2.27. The molecule has 2 aliphatic rings. The smallest absolute Gasteiger partial charge is 0.234 e. The fourth-order valence-corrected chi connectivity index (χ4v) is 5.85. The number of piperazine rings is 1. The van der Waals surface area contributed by atoms with Gasteiger partial charge in [0.2, 0.25) is 11.8 Å². The number of nitrogens with one attached hydrogen (secondary N) is 1. The molecule has 40 heavy (non-hydrogen) atoms. The Morgan fingerprint density at radius 3 is 2.70 bits per heavy atom. The number of aliphatic hydroxyl groups excluding tert-OH is 1. The fourth-order valence-electron chi connectivity index (χ4n) is 5.58. The van der Waals surface area contributed by atoms with Crippen molar-refractivity contribution < 1.29 is 19.1 Å². The summed E-state index contributed by atoms with van der Waals surface area (Å²) >= 11 is 6.31. The highest BCUT2D eigenvalue weighted by atomic mass is 35.5. The first-order chi connectivity index (χ1) is 19.5. The Balaban J connectivity index is 0.931. The van der Waals surface area contributed by atoms with Crippen molar-refractivity contribution >= 4 is 28.6 Å². The summed E-state index contributed by atoms with van der Waals surface area (Å²) in [5, 5.41) is 14.6. The lowest BCUT2D eigenvalue weighted by Crippen LogP contribution is -2.51. The summed E-state index contributed by atoms with van der Waals surface area (Å²) in [5.41, 5.74) is 4.62. The molecule has 2 heterocycles. The lowest BCUT2D eigenvalue weighted by atomic mass is 10.1. The number of benzene rings is 3. The summed E-state index contributed by atoms with van der Waals surface area (Å²) in [6, 6.07) is 21.2. The SMILES string of the molecule is O=C(CN1CCN(C[C@@H](O)COc2ccc3oc(-c4ccccc4)nc3c2)CC1)N[C@H]1CCc2c(Cl)cccc21. The third-order valence-corrected chi connectivity index (χ3v) is 8.03. The van der Waals surface area contributed by atoms with Crippen LogP contribution in [0.2, 0.25) is 5.02 Å². The third-order valence-electron chi connectivity index (χ3n) is 7.67. The van der Waals surface area contributed by atoms with Crippen LogP contribution in [0, 0.1) is 0 Å². The highest BCUT2D eigenvalue weighted by Crippen LogP contribution is 2.35. The number of aliphatic hydroxyl groups is 1. The molecule has 1 aliphatic carbocycles. The molecule has 2 atom stereocenters. The van der Waals surface area contributed by atoms with Crippen LogP contribution in [0.3, 0.4) is 0 Å². The molecule has 2 N–H and O–H groups in total. The van der Waals surface area contributed by atoms with Crippen LogP contribution < -0.4 is 10.1 Å². The maximum Gasteiger partial charge on any atom is 0.234 e. The van der Waals surface area contributed by atoms with Crippen molar-refractivity contribution in [3.8, 4) is 17.2 Å². The number of aromatic nitrogens is 1. The van der Waals surface area contributed by atoms with E-state index < -0.39 is 6.10 Å². The van der Waals surface area contributed by atoms with Crippen molar-refractivity contribution in [3.63, 3.8) is 0 Å². The van der Waals surface area contributed by atoms with Crippen LogP contribution in [-0.4, -0.2) is 77.8 Å². The minimum absolute atomic E-state index is 0.0357. The molecule has 4 aromatic rings. The van der Waals surface area contributed by atoms with E-state index in [9.17, 15) is 9.90 Å². The lowest BCUT2D eigenvalue weighted by Gasteiger charge is -2.35. The summed E-state index contributed by atoms with van der Waals surface area (Å²) in [5.74, 6) is 1.25. The van der Waals surface area contributed by atoms with E-state index in [1.807, 2.05) is 60.7 Å². The quantitative estimate of drug-likeness (QED) is 0.315. The zero-order chi connectivity index (χ0) is 27.5. The molecular weight excluding hydrogens is 528 g/mol. The molecule has 208 valence electrons. The van der Waals surface area contributed by atoms with Gasteiger partial charge in [0.25, 0.3) is 0 Å². The molecule has 1 saturated heterocycles. The van der Waals surface area contributed by atoms with Crippen LogP contribution in [0.4, 0.5) is 0 Å². The van der Waals surface area contributed by atoms with Gasteiger partial charge in [-0.2, -0.15) is 0 Å². The molecule has 0 radical (unpaired) electrons. The molecule has 1 amide bonds. The molecule has 9 heteroatoms. The van der Waals surface area contributed by atoms with E-state index in [4.69, 9.17) is 20.8 Å². The van der Waals surface area contributed by atoms with Gasteiger partial charge >= 0.3 is 0 Å².